The monoisotopic (exact) mass is 240 g/mol. The molecule has 1 aromatic carbocycles. The number of carbonyl (C=O) groups is 1. The Hall–Kier alpha value is -1.45. The number of ether oxygens (including phenoxy) is 1. The van der Waals surface area contributed by atoms with Crippen LogP contribution in [0.25, 0.3) is 0 Å². The highest BCUT2D eigenvalue weighted by Crippen LogP contribution is 2.49. The van der Waals surface area contributed by atoms with Gasteiger partial charge in [-0.15, -0.1) is 0 Å². The number of halogens is 2. The van der Waals surface area contributed by atoms with Crippen molar-refractivity contribution in [3.8, 4) is 0 Å². The maximum absolute atomic E-state index is 13.7. The lowest BCUT2D eigenvalue weighted by Gasteiger charge is -2.16. The zero-order chi connectivity index (χ0) is 12.5. The molecule has 0 aromatic heterocycles. The fourth-order valence-electron chi connectivity index (χ4n) is 1.77. The van der Waals surface area contributed by atoms with Crippen molar-refractivity contribution < 1.29 is 18.3 Å². The third kappa shape index (κ3) is 2.62. The van der Waals surface area contributed by atoms with Crippen LogP contribution in [0.2, 0.25) is 0 Å². The van der Waals surface area contributed by atoms with Crippen molar-refractivity contribution in [2.75, 3.05) is 7.11 Å². The standard InChI is InChI=1S/C13H14F2O2/c1-17-12(16)8-9-2-4-10(5-3-9)13(14,15)11-6-7-11/h2-5,11H,6-8H2,1H3. The van der Waals surface area contributed by atoms with Crippen molar-refractivity contribution in [3.05, 3.63) is 35.4 Å². The second-order valence-corrected chi connectivity index (χ2v) is 4.35. The Labute approximate surface area is 98.6 Å². The number of methoxy groups -OCH3 is 1. The minimum absolute atomic E-state index is 0.0358. The van der Waals surface area contributed by atoms with Crippen molar-refractivity contribution in [1.82, 2.24) is 0 Å². The second-order valence-electron chi connectivity index (χ2n) is 4.35. The SMILES string of the molecule is COC(=O)Cc1ccc(C(F)(F)C2CC2)cc1. The number of esters is 1. The highest BCUT2D eigenvalue weighted by molar-refractivity contribution is 5.72. The van der Waals surface area contributed by atoms with E-state index in [2.05, 4.69) is 4.74 Å². The van der Waals surface area contributed by atoms with Crippen LogP contribution in [0.15, 0.2) is 24.3 Å². The summed E-state index contributed by atoms with van der Waals surface area (Å²) in [7, 11) is 1.30. The zero-order valence-electron chi connectivity index (χ0n) is 9.58. The molecule has 0 aliphatic heterocycles. The molecule has 2 nitrogen and oxygen atoms in total. The molecule has 0 spiro atoms. The number of rotatable bonds is 4. The minimum atomic E-state index is -2.73. The molecule has 92 valence electrons. The molecule has 1 fully saturated rings. The number of carbonyl (C=O) groups excluding carboxylic acids is 1. The number of hydrogen-bond acceptors (Lipinski definition) is 2. The number of benzene rings is 1. The smallest absolute Gasteiger partial charge is 0.309 e. The maximum atomic E-state index is 13.7. The van der Waals surface area contributed by atoms with Crippen LogP contribution in [0.5, 0.6) is 0 Å². The van der Waals surface area contributed by atoms with Gasteiger partial charge in [0.2, 0.25) is 0 Å². The molecule has 1 aliphatic carbocycles. The Morgan fingerprint density at radius 1 is 1.35 bits per heavy atom. The van der Waals surface area contributed by atoms with Crippen LogP contribution in [0.3, 0.4) is 0 Å². The topological polar surface area (TPSA) is 26.3 Å². The van der Waals surface area contributed by atoms with Gasteiger partial charge in [0.1, 0.15) is 0 Å². The first-order chi connectivity index (χ1) is 8.04. The Morgan fingerprint density at radius 3 is 2.41 bits per heavy atom. The van der Waals surface area contributed by atoms with E-state index in [1.807, 2.05) is 0 Å². The van der Waals surface area contributed by atoms with E-state index in [0.29, 0.717) is 18.4 Å². The van der Waals surface area contributed by atoms with Crippen LogP contribution in [0.4, 0.5) is 8.78 Å². The molecule has 1 saturated carbocycles. The van der Waals surface area contributed by atoms with Gasteiger partial charge in [0.15, 0.2) is 0 Å². The summed E-state index contributed by atoms with van der Waals surface area (Å²) < 4.78 is 31.9. The highest BCUT2D eigenvalue weighted by Gasteiger charge is 2.47. The second kappa shape index (κ2) is 4.43. The first-order valence-electron chi connectivity index (χ1n) is 5.58. The molecule has 0 atom stereocenters. The largest absolute Gasteiger partial charge is 0.469 e. The molecule has 0 saturated heterocycles. The van der Waals surface area contributed by atoms with Crippen LogP contribution in [0.1, 0.15) is 24.0 Å². The summed E-state index contributed by atoms with van der Waals surface area (Å²) in [6.07, 6.45) is 1.31. The number of hydrogen-bond donors (Lipinski definition) is 0. The van der Waals surface area contributed by atoms with E-state index in [1.165, 1.54) is 19.2 Å². The summed E-state index contributed by atoms with van der Waals surface area (Å²) in [6.45, 7) is 0. The van der Waals surface area contributed by atoms with Crippen LogP contribution in [0, 0.1) is 5.92 Å². The first kappa shape index (κ1) is 12.0. The molecule has 17 heavy (non-hydrogen) atoms. The summed E-state index contributed by atoms with van der Waals surface area (Å²) in [4.78, 5) is 11.0. The summed E-state index contributed by atoms with van der Waals surface area (Å²) in [5.74, 6) is -3.61. The average molecular weight is 240 g/mol. The van der Waals surface area contributed by atoms with Gasteiger partial charge in [-0.2, -0.15) is 0 Å². The third-order valence-corrected chi connectivity index (χ3v) is 3.01. The van der Waals surface area contributed by atoms with Gasteiger partial charge in [0, 0.05) is 11.5 Å². The quantitative estimate of drug-likeness (QED) is 0.756. The van der Waals surface area contributed by atoms with Crippen molar-refractivity contribution >= 4 is 5.97 Å². The van der Waals surface area contributed by atoms with Gasteiger partial charge < -0.3 is 4.74 Å². The summed E-state index contributed by atoms with van der Waals surface area (Å²) in [5, 5.41) is 0. The van der Waals surface area contributed by atoms with Gasteiger partial charge in [-0.3, -0.25) is 4.79 Å². The molecule has 0 N–H and O–H groups in total. The van der Waals surface area contributed by atoms with E-state index in [4.69, 9.17) is 0 Å². The third-order valence-electron chi connectivity index (χ3n) is 3.01. The summed E-state index contributed by atoms with van der Waals surface area (Å²) in [5.41, 5.74) is 0.723. The van der Waals surface area contributed by atoms with Crippen molar-refractivity contribution in [3.63, 3.8) is 0 Å². The van der Waals surface area contributed by atoms with Crippen molar-refractivity contribution in [1.29, 1.82) is 0 Å². The molecule has 0 radical (unpaired) electrons. The summed E-state index contributed by atoms with van der Waals surface area (Å²) >= 11 is 0. The normalized spacial score (nSPS) is 15.7. The molecule has 1 aliphatic rings. The summed E-state index contributed by atoms with van der Waals surface area (Å²) in [6, 6.07) is 5.91. The molecule has 0 unspecified atom stereocenters. The Kier molecular flexibility index (Phi) is 3.13. The van der Waals surface area contributed by atoms with E-state index < -0.39 is 11.8 Å². The molecule has 0 heterocycles. The predicted molar refractivity (Wildman–Crippen MR) is 58.8 cm³/mol. The molecule has 0 bridgehead atoms. The van der Waals surface area contributed by atoms with E-state index in [-0.39, 0.29) is 18.0 Å². The van der Waals surface area contributed by atoms with Gasteiger partial charge in [-0.25, -0.2) is 8.78 Å². The average Bonchev–Trinajstić information content (AvgIpc) is 3.13. The van der Waals surface area contributed by atoms with Crippen LogP contribution in [-0.4, -0.2) is 13.1 Å². The lowest BCUT2D eigenvalue weighted by Crippen LogP contribution is -2.16. The molecule has 1 aromatic rings. The molecular weight excluding hydrogens is 226 g/mol. The molecule has 2 rings (SSSR count). The van der Waals surface area contributed by atoms with Crippen LogP contribution >= 0.6 is 0 Å². The first-order valence-corrected chi connectivity index (χ1v) is 5.58. The highest BCUT2D eigenvalue weighted by atomic mass is 19.3. The van der Waals surface area contributed by atoms with E-state index in [1.54, 1.807) is 12.1 Å². The van der Waals surface area contributed by atoms with Gasteiger partial charge >= 0.3 is 5.97 Å². The van der Waals surface area contributed by atoms with Gasteiger partial charge in [0.05, 0.1) is 13.5 Å². The Morgan fingerprint density at radius 2 is 1.94 bits per heavy atom. The lowest BCUT2D eigenvalue weighted by molar-refractivity contribution is -0.139. The Balaban J connectivity index is 2.09. The zero-order valence-corrected chi connectivity index (χ0v) is 9.58. The van der Waals surface area contributed by atoms with Gasteiger partial charge in [-0.1, -0.05) is 24.3 Å². The molecule has 4 heteroatoms. The van der Waals surface area contributed by atoms with Gasteiger partial charge in [-0.05, 0) is 18.4 Å². The minimum Gasteiger partial charge on any atom is -0.469 e. The van der Waals surface area contributed by atoms with Gasteiger partial charge in [0.25, 0.3) is 5.92 Å². The fourth-order valence-corrected chi connectivity index (χ4v) is 1.77. The van der Waals surface area contributed by atoms with E-state index in [0.717, 1.165) is 0 Å². The van der Waals surface area contributed by atoms with Crippen molar-refractivity contribution in [2.24, 2.45) is 5.92 Å². The lowest BCUT2D eigenvalue weighted by atomic mass is 10.0. The Bertz CT molecular complexity index is 408. The maximum Gasteiger partial charge on any atom is 0.309 e. The molecular formula is C13H14F2O2. The fraction of sp³-hybridized carbons (Fsp3) is 0.462. The van der Waals surface area contributed by atoms with E-state index >= 15 is 0 Å². The predicted octanol–water partition coefficient (Wildman–Crippen LogP) is 2.90. The van der Waals surface area contributed by atoms with Crippen molar-refractivity contribution in [2.45, 2.75) is 25.2 Å². The van der Waals surface area contributed by atoms with Crippen LogP contribution in [-0.2, 0) is 21.9 Å². The van der Waals surface area contributed by atoms with E-state index in [9.17, 15) is 13.6 Å². The van der Waals surface area contributed by atoms with Crippen LogP contribution < -0.4 is 0 Å². The molecule has 0 amide bonds. The number of alkyl halides is 2.